The molecule has 0 aliphatic carbocycles. The van der Waals surface area contributed by atoms with Crippen molar-refractivity contribution < 1.29 is 4.79 Å². The molecule has 4 aromatic rings. The molecule has 8 heteroatoms. The van der Waals surface area contributed by atoms with Crippen LogP contribution < -0.4 is 11.1 Å². The molecule has 0 spiro atoms. The molecule has 0 unspecified atom stereocenters. The summed E-state index contributed by atoms with van der Waals surface area (Å²) in [7, 11) is 0. The van der Waals surface area contributed by atoms with Crippen LogP contribution in [0.5, 0.6) is 0 Å². The van der Waals surface area contributed by atoms with Gasteiger partial charge in [-0.3, -0.25) is 9.78 Å². The van der Waals surface area contributed by atoms with E-state index in [0.717, 1.165) is 11.3 Å². The van der Waals surface area contributed by atoms with Crippen LogP contribution in [0.2, 0.25) is 0 Å². The first-order valence-corrected chi connectivity index (χ1v) is 7.91. The van der Waals surface area contributed by atoms with Crippen molar-refractivity contribution in [1.29, 1.82) is 0 Å². The molecule has 0 saturated carbocycles. The standard InChI is InChI=1S/C18H15N7O/c1-11-13(3-2-7-20-11)14-4-5-17-22-10-15(25(17)24-14)18(26)23-12-6-8-21-16(19)9-12/h2-10H,1H3,(H3,19,21,23,26). The fourth-order valence-corrected chi connectivity index (χ4v) is 2.65. The number of pyridine rings is 2. The Morgan fingerprint density at radius 3 is 2.81 bits per heavy atom. The van der Waals surface area contributed by atoms with Crippen LogP contribution >= 0.6 is 0 Å². The van der Waals surface area contributed by atoms with Crippen molar-refractivity contribution in [2.45, 2.75) is 6.92 Å². The molecule has 3 N–H and O–H groups in total. The number of nitrogen functional groups attached to an aromatic ring is 1. The van der Waals surface area contributed by atoms with Crippen LogP contribution in [0.1, 0.15) is 16.2 Å². The number of aryl methyl sites for hydroxylation is 1. The summed E-state index contributed by atoms with van der Waals surface area (Å²) in [4.78, 5) is 25.1. The number of rotatable bonds is 3. The van der Waals surface area contributed by atoms with Crippen molar-refractivity contribution >= 4 is 23.1 Å². The number of amides is 1. The van der Waals surface area contributed by atoms with Gasteiger partial charge in [0, 0.05) is 35.4 Å². The average Bonchev–Trinajstić information content (AvgIpc) is 3.05. The van der Waals surface area contributed by atoms with Crippen molar-refractivity contribution in [3.63, 3.8) is 0 Å². The third kappa shape index (κ3) is 2.84. The van der Waals surface area contributed by atoms with E-state index >= 15 is 0 Å². The number of nitrogens with two attached hydrogens (primary N) is 1. The molecule has 8 nitrogen and oxygen atoms in total. The average molecular weight is 345 g/mol. The van der Waals surface area contributed by atoms with Gasteiger partial charge in [-0.1, -0.05) is 0 Å². The topological polar surface area (TPSA) is 111 Å². The van der Waals surface area contributed by atoms with Gasteiger partial charge in [0.05, 0.1) is 11.9 Å². The quantitative estimate of drug-likeness (QED) is 0.589. The zero-order chi connectivity index (χ0) is 18.1. The molecule has 0 aliphatic heterocycles. The fourth-order valence-electron chi connectivity index (χ4n) is 2.65. The van der Waals surface area contributed by atoms with E-state index < -0.39 is 0 Å². The van der Waals surface area contributed by atoms with Gasteiger partial charge in [-0.05, 0) is 37.3 Å². The van der Waals surface area contributed by atoms with E-state index in [9.17, 15) is 4.79 Å². The molecular weight excluding hydrogens is 330 g/mol. The van der Waals surface area contributed by atoms with Crippen molar-refractivity contribution in [1.82, 2.24) is 24.6 Å². The minimum Gasteiger partial charge on any atom is -0.384 e. The summed E-state index contributed by atoms with van der Waals surface area (Å²) < 4.78 is 1.52. The van der Waals surface area contributed by atoms with Gasteiger partial charge >= 0.3 is 0 Å². The summed E-state index contributed by atoms with van der Waals surface area (Å²) in [6, 6.07) is 10.7. The highest BCUT2D eigenvalue weighted by Crippen LogP contribution is 2.20. The molecule has 0 radical (unpaired) electrons. The fraction of sp³-hybridized carbons (Fsp3) is 0.0556. The van der Waals surface area contributed by atoms with E-state index in [0.29, 0.717) is 28.5 Å². The Morgan fingerprint density at radius 1 is 1.12 bits per heavy atom. The minimum atomic E-state index is -0.337. The van der Waals surface area contributed by atoms with Crippen molar-refractivity contribution in [3.8, 4) is 11.3 Å². The zero-order valence-corrected chi connectivity index (χ0v) is 13.9. The number of fused-ring (bicyclic) bond motifs is 1. The Labute approximate surface area is 148 Å². The van der Waals surface area contributed by atoms with Gasteiger partial charge in [-0.2, -0.15) is 5.10 Å². The molecule has 4 heterocycles. The predicted octanol–water partition coefficient (Wildman–Crippen LogP) is 2.33. The number of nitrogens with zero attached hydrogens (tertiary/aromatic N) is 5. The largest absolute Gasteiger partial charge is 0.384 e. The molecule has 0 fully saturated rings. The maximum atomic E-state index is 12.6. The predicted molar refractivity (Wildman–Crippen MR) is 97.6 cm³/mol. The lowest BCUT2D eigenvalue weighted by molar-refractivity contribution is 0.102. The molecule has 0 aliphatic rings. The van der Waals surface area contributed by atoms with E-state index in [2.05, 4.69) is 25.4 Å². The van der Waals surface area contributed by atoms with Crippen molar-refractivity contribution in [2.24, 2.45) is 0 Å². The highest BCUT2D eigenvalue weighted by molar-refractivity contribution is 6.03. The summed E-state index contributed by atoms with van der Waals surface area (Å²) in [5.74, 6) is -0.0101. The molecule has 1 amide bonds. The Morgan fingerprint density at radius 2 is 2.00 bits per heavy atom. The monoisotopic (exact) mass is 345 g/mol. The van der Waals surface area contributed by atoms with Gasteiger partial charge in [-0.15, -0.1) is 0 Å². The zero-order valence-electron chi connectivity index (χ0n) is 13.9. The molecular formula is C18H15N7O. The third-order valence-corrected chi connectivity index (χ3v) is 3.92. The number of hydrogen-bond acceptors (Lipinski definition) is 6. The second-order valence-corrected chi connectivity index (χ2v) is 5.69. The number of hydrogen-bond donors (Lipinski definition) is 2. The smallest absolute Gasteiger partial charge is 0.276 e. The van der Waals surface area contributed by atoms with Gasteiger partial charge in [0.15, 0.2) is 11.3 Å². The molecule has 0 saturated heterocycles. The first-order chi connectivity index (χ1) is 12.6. The second kappa shape index (κ2) is 6.25. The number of nitrogens with one attached hydrogen (secondary N) is 1. The Kier molecular flexibility index (Phi) is 3.77. The number of aromatic nitrogens is 5. The van der Waals surface area contributed by atoms with Gasteiger partial charge in [0.1, 0.15) is 5.82 Å². The van der Waals surface area contributed by atoms with Crippen LogP contribution in [0.4, 0.5) is 11.5 Å². The van der Waals surface area contributed by atoms with Crippen molar-refractivity contribution in [3.05, 3.63) is 66.4 Å². The molecule has 128 valence electrons. The maximum absolute atomic E-state index is 12.6. The summed E-state index contributed by atoms with van der Waals surface area (Å²) in [6.07, 6.45) is 4.75. The second-order valence-electron chi connectivity index (χ2n) is 5.69. The molecule has 0 atom stereocenters. The van der Waals surface area contributed by atoms with E-state index in [1.807, 2.05) is 31.2 Å². The van der Waals surface area contributed by atoms with E-state index in [1.165, 1.54) is 16.9 Å². The number of carbonyl (C=O) groups excluding carboxylic acids is 1. The Hall–Kier alpha value is -3.81. The van der Waals surface area contributed by atoms with Gasteiger partial charge in [-0.25, -0.2) is 14.5 Å². The normalized spacial score (nSPS) is 10.8. The van der Waals surface area contributed by atoms with E-state index in [4.69, 9.17) is 5.73 Å². The summed E-state index contributed by atoms with van der Waals surface area (Å²) in [5.41, 5.74) is 9.56. The lowest BCUT2D eigenvalue weighted by atomic mass is 10.1. The van der Waals surface area contributed by atoms with Gasteiger partial charge < -0.3 is 11.1 Å². The number of carbonyl (C=O) groups is 1. The minimum absolute atomic E-state index is 0.318. The van der Waals surface area contributed by atoms with Gasteiger partial charge in [0.2, 0.25) is 0 Å². The number of imidazole rings is 1. The van der Waals surface area contributed by atoms with E-state index in [1.54, 1.807) is 18.3 Å². The third-order valence-electron chi connectivity index (χ3n) is 3.92. The first-order valence-electron chi connectivity index (χ1n) is 7.91. The van der Waals surface area contributed by atoms with E-state index in [-0.39, 0.29) is 5.91 Å². The number of anilines is 2. The Bertz CT molecular complexity index is 1120. The molecule has 4 rings (SSSR count). The molecule has 4 aromatic heterocycles. The van der Waals surface area contributed by atoms with Gasteiger partial charge in [0.25, 0.3) is 5.91 Å². The SMILES string of the molecule is Cc1ncccc1-c1ccc2ncc(C(=O)Nc3ccnc(N)c3)n2n1. The van der Waals surface area contributed by atoms with Crippen LogP contribution in [0.15, 0.2) is 55.0 Å². The summed E-state index contributed by atoms with van der Waals surface area (Å²) >= 11 is 0. The lowest BCUT2D eigenvalue weighted by Crippen LogP contribution is -2.15. The van der Waals surface area contributed by atoms with Crippen LogP contribution in [-0.4, -0.2) is 30.5 Å². The Balaban J connectivity index is 1.73. The molecule has 0 bridgehead atoms. The highest BCUT2D eigenvalue weighted by Gasteiger charge is 2.15. The first kappa shape index (κ1) is 15.7. The lowest BCUT2D eigenvalue weighted by Gasteiger charge is -2.07. The van der Waals surface area contributed by atoms with Crippen LogP contribution in [0.25, 0.3) is 16.9 Å². The maximum Gasteiger partial charge on any atom is 0.276 e. The van der Waals surface area contributed by atoms with Crippen LogP contribution in [0.3, 0.4) is 0 Å². The van der Waals surface area contributed by atoms with Crippen molar-refractivity contribution in [2.75, 3.05) is 11.1 Å². The molecule has 26 heavy (non-hydrogen) atoms. The molecule has 0 aromatic carbocycles. The van der Waals surface area contributed by atoms with Crippen LogP contribution in [-0.2, 0) is 0 Å². The highest BCUT2D eigenvalue weighted by atomic mass is 16.2. The summed E-state index contributed by atoms with van der Waals surface area (Å²) in [6.45, 7) is 1.91. The van der Waals surface area contributed by atoms with Crippen LogP contribution in [0, 0.1) is 6.92 Å². The summed E-state index contributed by atoms with van der Waals surface area (Å²) in [5, 5.41) is 7.34.